The smallest absolute Gasteiger partial charge is 0.371 e. The molecule has 3 N–H and O–H groups in total. The Morgan fingerprint density at radius 3 is 2.61 bits per heavy atom. The number of aryl methyl sites for hydroxylation is 1. The van der Waals surface area contributed by atoms with E-state index < -0.39 is 5.97 Å². The van der Waals surface area contributed by atoms with Crippen LogP contribution in [0.4, 0.5) is 0 Å². The van der Waals surface area contributed by atoms with Gasteiger partial charge >= 0.3 is 5.97 Å². The van der Waals surface area contributed by atoms with Crippen LogP contribution in [-0.2, 0) is 11.3 Å². The number of carboxylic acids is 1. The molecule has 0 atom stereocenters. The minimum atomic E-state index is -1.10. The molecule has 0 radical (unpaired) electrons. The summed E-state index contributed by atoms with van der Waals surface area (Å²) in [4.78, 5) is 22.0. The van der Waals surface area contributed by atoms with Crippen LogP contribution in [0.3, 0.4) is 0 Å². The van der Waals surface area contributed by atoms with Gasteiger partial charge in [-0.2, -0.15) is 0 Å². The summed E-state index contributed by atoms with van der Waals surface area (Å²) in [7, 11) is 0. The SMILES string of the molecule is Cc1oc(C(=O)O)cc1CNCC(=O)NC(C)C. The van der Waals surface area contributed by atoms with Crippen molar-refractivity contribution in [2.24, 2.45) is 0 Å². The number of carboxylic acid groups (broad SMARTS) is 1. The highest BCUT2D eigenvalue weighted by Crippen LogP contribution is 2.14. The van der Waals surface area contributed by atoms with Crippen LogP contribution in [-0.4, -0.2) is 29.6 Å². The number of nitrogens with one attached hydrogen (secondary N) is 2. The Hall–Kier alpha value is -1.82. The second-order valence-corrected chi connectivity index (χ2v) is 4.32. The monoisotopic (exact) mass is 254 g/mol. The van der Waals surface area contributed by atoms with E-state index in [0.29, 0.717) is 12.3 Å². The lowest BCUT2D eigenvalue weighted by atomic mass is 10.2. The fourth-order valence-electron chi connectivity index (χ4n) is 1.48. The zero-order valence-corrected chi connectivity index (χ0v) is 10.7. The molecule has 6 nitrogen and oxygen atoms in total. The van der Waals surface area contributed by atoms with Gasteiger partial charge < -0.3 is 20.2 Å². The van der Waals surface area contributed by atoms with Gasteiger partial charge in [0.05, 0.1) is 6.54 Å². The van der Waals surface area contributed by atoms with Crippen LogP contribution in [0.2, 0.25) is 0 Å². The number of carbonyl (C=O) groups is 2. The van der Waals surface area contributed by atoms with Crippen molar-refractivity contribution in [1.29, 1.82) is 0 Å². The number of hydrogen-bond donors (Lipinski definition) is 3. The molecule has 1 aromatic heterocycles. The van der Waals surface area contributed by atoms with E-state index in [1.54, 1.807) is 6.92 Å². The van der Waals surface area contributed by atoms with Gasteiger partial charge in [-0.1, -0.05) is 0 Å². The molecule has 0 unspecified atom stereocenters. The van der Waals surface area contributed by atoms with Crippen molar-refractivity contribution in [2.75, 3.05) is 6.54 Å². The molecule has 18 heavy (non-hydrogen) atoms. The van der Waals surface area contributed by atoms with Gasteiger partial charge in [0.25, 0.3) is 0 Å². The van der Waals surface area contributed by atoms with Gasteiger partial charge in [0, 0.05) is 18.2 Å². The quantitative estimate of drug-likeness (QED) is 0.701. The highest BCUT2D eigenvalue weighted by atomic mass is 16.4. The lowest BCUT2D eigenvalue weighted by Gasteiger charge is -2.08. The third-order valence-corrected chi connectivity index (χ3v) is 2.28. The summed E-state index contributed by atoms with van der Waals surface area (Å²) in [6.45, 7) is 6.05. The maximum atomic E-state index is 11.4. The highest BCUT2D eigenvalue weighted by molar-refractivity contribution is 5.84. The largest absolute Gasteiger partial charge is 0.475 e. The Bertz CT molecular complexity index is 437. The van der Waals surface area contributed by atoms with Crippen LogP contribution in [0, 0.1) is 6.92 Å². The molecule has 0 bridgehead atoms. The summed E-state index contributed by atoms with van der Waals surface area (Å²) in [5.41, 5.74) is 0.741. The predicted molar refractivity (Wildman–Crippen MR) is 65.4 cm³/mol. The Morgan fingerprint density at radius 1 is 1.44 bits per heavy atom. The number of amides is 1. The van der Waals surface area contributed by atoms with E-state index in [-0.39, 0.29) is 24.3 Å². The maximum absolute atomic E-state index is 11.4. The molecular formula is C12H18N2O4. The number of hydrogen-bond acceptors (Lipinski definition) is 4. The van der Waals surface area contributed by atoms with E-state index in [9.17, 15) is 9.59 Å². The molecule has 0 fully saturated rings. The van der Waals surface area contributed by atoms with E-state index in [0.717, 1.165) is 5.56 Å². The third kappa shape index (κ3) is 4.21. The summed E-state index contributed by atoms with van der Waals surface area (Å²) >= 11 is 0. The average molecular weight is 254 g/mol. The normalized spacial score (nSPS) is 10.7. The average Bonchev–Trinajstić information content (AvgIpc) is 2.59. The highest BCUT2D eigenvalue weighted by Gasteiger charge is 2.13. The molecule has 1 amide bonds. The van der Waals surface area contributed by atoms with E-state index >= 15 is 0 Å². The van der Waals surface area contributed by atoms with Gasteiger partial charge in [-0.05, 0) is 26.8 Å². The van der Waals surface area contributed by atoms with Crippen LogP contribution in [0.15, 0.2) is 10.5 Å². The van der Waals surface area contributed by atoms with Crippen molar-refractivity contribution in [2.45, 2.75) is 33.4 Å². The Labute approximate surface area is 105 Å². The molecule has 0 saturated carbocycles. The zero-order valence-electron chi connectivity index (χ0n) is 10.7. The van der Waals surface area contributed by atoms with E-state index in [4.69, 9.17) is 9.52 Å². The Morgan fingerprint density at radius 2 is 2.11 bits per heavy atom. The van der Waals surface area contributed by atoms with Gasteiger partial charge in [0.1, 0.15) is 5.76 Å². The van der Waals surface area contributed by atoms with Crippen LogP contribution >= 0.6 is 0 Å². The number of rotatable bonds is 6. The summed E-state index contributed by atoms with van der Waals surface area (Å²) in [5, 5.41) is 14.4. The number of aromatic carboxylic acids is 1. The second-order valence-electron chi connectivity index (χ2n) is 4.32. The van der Waals surface area contributed by atoms with Crippen molar-refractivity contribution in [1.82, 2.24) is 10.6 Å². The molecule has 0 spiro atoms. The first kappa shape index (κ1) is 14.2. The third-order valence-electron chi connectivity index (χ3n) is 2.28. The van der Waals surface area contributed by atoms with Gasteiger partial charge in [-0.25, -0.2) is 4.79 Å². The van der Waals surface area contributed by atoms with Crippen LogP contribution < -0.4 is 10.6 Å². The van der Waals surface area contributed by atoms with Crippen molar-refractivity contribution in [3.63, 3.8) is 0 Å². The van der Waals surface area contributed by atoms with Gasteiger partial charge in [-0.15, -0.1) is 0 Å². The predicted octanol–water partition coefficient (Wildman–Crippen LogP) is 0.900. The van der Waals surface area contributed by atoms with Crippen LogP contribution in [0.5, 0.6) is 0 Å². The first-order valence-corrected chi connectivity index (χ1v) is 5.73. The first-order chi connectivity index (χ1) is 8.40. The molecule has 0 aliphatic rings. The van der Waals surface area contributed by atoms with Gasteiger partial charge in [0.2, 0.25) is 11.7 Å². The summed E-state index contributed by atoms with van der Waals surface area (Å²) in [5.74, 6) is -0.730. The second kappa shape index (κ2) is 6.20. The van der Waals surface area contributed by atoms with Crippen molar-refractivity contribution < 1.29 is 19.1 Å². The molecule has 1 heterocycles. The van der Waals surface area contributed by atoms with Crippen LogP contribution in [0.1, 0.15) is 35.7 Å². The molecule has 0 aliphatic heterocycles. The fourth-order valence-corrected chi connectivity index (χ4v) is 1.48. The van der Waals surface area contributed by atoms with E-state index in [2.05, 4.69) is 10.6 Å². The molecule has 1 rings (SSSR count). The Balaban J connectivity index is 2.44. The first-order valence-electron chi connectivity index (χ1n) is 5.73. The van der Waals surface area contributed by atoms with Crippen molar-refractivity contribution in [3.8, 4) is 0 Å². The fraction of sp³-hybridized carbons (Fsp3) is 0.500. The van der Waals surface area contributed by atoms with E-state index in [1.807, 2.05) is 13.8 Å². The lowest BCUT2D eigenvalue weighted by Crippen LogP contribution is -2.37. The summed E-state index contributed by atoms with van der Waals surface area (Å²) in [6, 6.07) is 1.57. The zero-order chi connectivity index (χ0) is 13.7. The summed E-state index contributed by atoms with van der Waals surface area (Å²) < 4.78 is 5.06. The van der Waals surface area contributed by atoms with Crippen LogP contribution in [0.25, 0.3) is 0 Å². The van der Waals surface area contributed by atoms with Crippen molar-refractivity contribution >= 4 is 11.9 Å². The molecule has 0 aromatic carbocycles. The molecular weight excluding hydrogens is 236 g/mol. The molecule has 6 heteroatoms. The van der Waals surface area contributed by atoms with E-state index in [1.165, 1.54) is 6.07 Å². The Kier molecular flexibility index (Phi) is 4.91. The molecule has 0 aliphatic carbocycles. The standard InChI is InChI=1S/C12H18N2O4/c1-7(2)14-11(15)6-13-5-9-4-10(12(16)17)18-8(9)3/h4,7,13H,5-6H2,1-3H3,(H,14,15)(H,16,17). The molecule has 100 valence electrons. The van der Waals surface area contributed by atoms with Crippen molar-refractivity contribution in [3.05, 3.63) is 23.2 Å². The summed E-state index contributed by atoms with van der Waals surface area (Å²) in [6.07, 6.45) is 0. The maximum Gasteiger partial charge on any atom is 0.371 e. The lowest BCUT2D eigenvalue weighted by molar-refractivity contribution is -0.120. The minimum absolute atomic E-state index is 0.0871. The molecule has 1 aromatic rings. The number of furan rings is 1. The van der Waals surface area contributed by atoms with Gasteiger partial charge in [-0.3, -0.25) is 4.79 Å². The molecule has 0 saturated heterocycles. The number of carbonyl (C=O) groups excluding carboxylic acids is 1. The minimum Gasteiger partial charge on any atom is -0.475 e. The van der Waals surface area contributed by atoms with Gasteiger partial charge in [0.15, 0.2) is 0 Å². The topological polar surface area (TPSA) is 91.6 Å².